The summed E-state index contributed by atoms with van der Waals surface area (Å²) in [5, 5.41) is 0. The van der Waals surface area contributed by atoms with E-state index in [0.717, 1.165) is 38.3 Å². The number of ether oxygens (including phenoxy) is 1. The van der Waals surface area contributed by atoms with E-state index in [4.69, 9.17) is 10.5 Å². The summed E-state index contributed by atoms with van der Waals surface area (Å²) in [5.41, 5.74) is 7.11. The minimum Gasteiger partial charge on any atom is -0.495 e. The summed E-state index contributed by atoms with van der Waals surface area (Å²) in [6, 6.07) is 9.10. The van der Waals surface area contributed by atoms with Gasteiger partial charge in [-0.3, -0.25) is 4.90 Å². The molecule has 0 bridgehead atoms. The maximum atomic E-state index is 5.90. The first-order valence-electron chi connectivity index (χ1n) is 7.49. The van der Waals surface area contributed by atoms with Crippen molar-refractivity contribution >= 4 is 5.69 Å². The van der Waals surface area contributed by atoms with Gasteiger partial charge in [-0.1, -0.05) is 12.1 Å². The van der Waals surface area contributed by atoms with Crippen LogP contribution in [0.15, 0.2) is 24.3 Å². The number of nitrogens with zero attached hydrogens (tertiary/aromatic N) is 2. The fraction of sp³-hybridized carbons (Fsp3) is 0.625. The normalized spacial score (nSPS) is 19.7. The number of hydrogen-bond donors (Lipinski definition) is 1. The van der Waals surface area contributed by atoms with E-state index in [1.165, 1.54) is 5.69 Å². The fourth-order valence-corrected chi connectivity index (χ4v) is 2.98. The summed E-state index contributed by atoms with van der Waals surface area (Å²) >= 11 is 0. The molecule has 2 N–H and O–H groups in total. The number of anilines is 1. The molecular formula is C16H27N3O. The molecule has 0 amide bonds. The SMILES string of the molecule is COc1ccccc1N1CCN(C(C)CC(C)N)CC1. The van der Waals surface area contributed by atoms with Gasteiger partial charge in [0.2, 0.25) is 0 Å². The maximum absolute atomic E-state index is 5.90. The van der Waals surface area contributed by atoms with Crippen LogP contribution in [0.4, 0.5) is 5.69 Å². The highest BCUT2D eigenvalue weighted by atomic mass is 16.5. The predicted molar refractivity (Wildman–Crippen MR) is 84.5 cm³/mol. The first-order valence-corrected chi connectivity index (χ1v) is 7.49. The Morgan fingerprint density at radius 3 is 2.40 bits per heavy atom. The second-order valence-electron chi connectivity index (χ2n) is 5.76. The molecule has 1 aliphatic rings. The fourth-order valence-electron chi connectivity index (χ4n) is 2.98. The van der Waals surface area contributed by atoms with Crippen molar-refractivity contribution in [3.05, 3.63) is 24.3 Å². The van der Waals surface area contributed by atoms with Gasteiger partial charge in [-0.05, 0) is 32.4 Å². The molecule has 20 heavy (non-hydrogen) atoms. The molecule has 2 atom stereocenters. The van der Waals surface area contributed by atoms with E-state index in [2.05, 4.69) is 35.8 Å². The molecule has 4 nitrogen and oxygen atoms in total. The highest BCUT2D eigenvalue weighted by molar-refractivity contribution is 5.58. The van der Waals surface area contributed by atoms with Crippen molar-refractivity contribution in [3.63, 3.8) is 0 Å². The Balaban J connectivity index is 1.94. The number of hydrogen-bond acceptors (Lipinski definition) is 4. The molecule has 1 aliphatic heterocycles. The summed E-state index contributed by atoms with van der Waals surface area (Å²) in [4.78, 5) is 4.95. The van der Waals surface area contributed by atoms with Crippen LogP contribution in [-0.4, -0.2) is 50.3 Å². The topological polar surface area (TPSA) is 41.7 Å². The zero-order valence-electron chi connectivity index (χ0n) is 12.9. The van der Waals surface area contributed by atoms with E-state index in [1.807, 2.05) is 12.1 Å². The van der Waals surface area contributed by atoms with E-state index in [9.17, 15) is 0 Å². The molecule has 1 aromatic carbocycles. The van der Waals surface area contributed by atoms with Gasteiger partial charge in [0.1, 0.15) is 5.75 Å². The smallest absolute Gasteiger partial charge is 0.142 e. The number of piperazine rings is 1. The third-order valence-corrected chi connectivity index (χ3v) is 4.08. The van der Waals surface area contributed by atoms with Gasteiger partial charge < -0.3 is 15.4 Å². The lowest BCUT2D eigenvalue weighted by atomic mass is 10.1. The van der Waals surface area contributed by atoms with Crippen molar-refractivity contribution in [2.75, 3.05) is 38.2 Å². The molecule has 1 aromatic rings. The third kappa shape index (κ3) is 3.64. The Hall–Kier alpha value is -1.26. The average molecular weight is 277 g/mol. The van der Waals surface area contributed by atoms with Crippen molar-refractivity contribution in [1.82, 2.24) is 4.90 Å². The lowest BCUT2D eigenvalue weighted by Gasteiger charge is -2.39. The zero-order chi connectivity index (χ0) is 14.5. The molecule has 1 saturated heterocycles. The van der Waals surface area contributed by atoms with E-state index in [0.29, 0.717) is 6.04 Å². The Morgan fingerprint density at radius 1 is 1.15 bits per heavy atom. The van der Waals surface area contributed by atoms with E-state index in [1.54, 1.807) is 7.11 Å². The first-order chi connectivity index (χ1) is 9.61. The molecule has 2 rings (SSSR count). The van der Waals surface area contributed by atoms with Crippen LogP contribution in [-0.2, 0) is 0 Å². The van der Waals surface area contributed by atoms with Gasteiger partial charge in [0, 0.05) is 38.3 Å². The summed E-state index contributed by atoms with van der Waals surface area (Å²) in [5.74, 6) is 0.963. The molecule has 1 fully saturated rings. The molecule has 112 valence electrons. The zero-order valence-corrected chi connectivity index (χ0v) is 12.9. The van der Waals surface area contributed by atoms with E-state index >= 15 is 0 Å². The molecule has 1 heterocycles. The minimum absolute atomic E-state index is 0.275. The van der Waals surface area contributed by atoms with Crippen molar-refractivity contribution < 1.29 is 4.74 Å². The predicted octanol–water partition coefficient (Wildman–Crippen LogP) is 1.94. The molecule has 0 aliphatic carbocycles. The van der Waals surface area contributed by atoms with Crippen LogP contribution >= 0.6 is 0 Å². The first kappa shape index (κ1) is 15.1. The van der Waals surface area contributed by atoms with Crippen molar-refractivity contribution in [3.8, 4) is 5.75 Å². The Kier molecular flexibility index (Phi) is 5.26. The van der Waals surface area contributed by atoms with Crippen LogP contribution in [0.1, 0.15) is 20.3 Å². The minimum atomic E-state index is 0.275. The van der Waals surface area contributed by atoms with Gasteiger partial charge in [0.05, 0.1) is 12.8 Å². The second-order valence-corrected chi connectivity index (χ2v) is 5.76. The quantitative estimate of drug-likeness (QED) is 0.893. The molecule has 2 unspecified atom stereocenters. The third-order valence-electron chi connectivity index (χ3n) is 4.08. The number of nitrogens with two attached hydrogens (primary N) is 1. The Labute approximate surface area is 122 Å². The summed E-state index contributed by atoms with van der Waals surface area (Å²) in [6.45, 7) is 8.63. The van der Waals surface area contributed by atoms with Crippen LogP contribution in [0.2, 0.25) is 0 Å². The van der Waals surface area contributed by atoms with Gasteiger partial charge in [-0.25, -0.2) is 0 Å². The van der Waals surface area contributed by atoms with Crippen LogP contribution in [0.5, 0.6) is 5.75 Å². The van der Waals surface area contributed by atoms with Crippen LogP contribution in [0.3, 0.4) is 0 Å². The lowest BCUT2D eigenvalue weighted by Crippen LogP contribution is -2.50. The van der Waals surface area contributed by atoms with Crippen LogP contribution in [0.25, 0.3) is 0 Å². The highest BCUT2D eigenvalue weighted by Crippen LogP contribution is 2.28. The number of methoxy groups -OCH3 is 1. The van der Waals surface area contributed by atoms with Crippen molar-refractivity contribution in [2.45, 2.75) is 32.4 Å². The number of rotatable bonds is 5. The second kappa shape index (κ2) is 6.95. The molecule has 0 aromatic heterocycles. The lowest BCUT2D eigenvalue weighted by molar-refractivity contribution is 0.183. The van der Waals surface area contributed by atoms with Gasteiger partial charge >= 0.3 is 0 Å². The van der Waals surface area contributed by atoms with Crippen LogP contribution in [0, 0.1) is 0 Å². The molecule has 0 spiro atoms. The summed E-state index contributed by atoms with van der Waals surface area (Å²) < 4.78 is 5.45. The molecule has 4 heteroatoms. The standard InChI is InChI=1S/C16H27N3O/c1-13(17)12-14(2)18-8-10-19(11-9-18)15-6-4-5-7-16(15)20-3/h4-7,13-14H,8-12,17H2,1-3H3. The monoisotopic (exact) mass is 277 g/mol. The van der Waals surface area contributed by atoms with Crippen molar-refractivity contribution in [2.24, 2.45) is 5.73 Å². The van der Waals surface area contributed by atoms with E-state index < -0.39 is 0 Å². The van der Waals surface area contributed by atoms with Gasteiger partial charge in [-0.2, -0.15) is 0 Å². The van der Waals surface area contributed by atoms with Crippen molar-refractivity contribution in [1.29, 1.82) is 0 Å². The number of benzene rings is 1. The van der Waals surface area contributed by atoms with Gasteiger partial charge in [0.15, 0.2) is 0 Å². The van der Waals surface area contributed by atoms with Gasteiger partial charge in [0.25, 0.3) is 0 Å². The number of para-hydroxylation sites is 2. The largest absolute Gasteiger partial charge is 0.495 e. The maximum Gasteiger partial charge on any atom is 0.142 e. The average Bonchev–Trinajstić information content (AvgIpc) is 2.46. The molecular weight excluding hydrogens is 250 g/mol. The highest BCUT2D eigenvalue weighted by Gasteiger charge is 2.23. The van der Waals surface area contributed by atoms with Crippen LogP contribution < -0.4 is 15.4 Å². The van der Waals surface area contributed by atoms with Gasteiger partial charge in [-0.15, -0.1) is 0 Å². The Morgan fingerprint density at radius 2 is 1.80 bits per heavy atom. The molecule has 0 radical (unpaired) electrons. The Bertz CT molecular complexity index is 414. The summed E-state index contributed by atoms with van der Waals surface area (Å²) in [6.07, 6.45) is 1.06. The molecule has 0 saturated carbocycles. The van der Waals surface area contributed by atoms with E-state index in [-0.39, 0.29) is 6.04 Å². The summed E-state index contributed by atoms with van der Waals surface area (Å²) in [7, 11) is 1.74.